The van der Waals surface area contributed by atoms with E-state index in [9.17, 15) is 9.90 Å². The van der Waals surface area contributed by atoms with Gasteiger partial charge in [-0.25, -0.2) is 0 Å². The zero-order chi connectivity index (χ0) is 12.4. The fourth-order valence-corrected chi connectivity index (χ4v) is 2.45. The Kier molecular flexibility index (Phi) is 4.00. The number of aliphatic hydroxyl groups is 1. The zero-order valence-electron chi connectivity index (χ0n) is 10.9. The normalized spacial score (nSPS) is 31.2. The summed E-state index contributed by atoms with van der Waals surface area (Å²) in [7, 11) is 0. The number of esters is 1. The number of rotatable bonds is 3. The lowest BCUT2D eigenvalue weighted by Gasteiger charge is -2.39. The van der Waals surface area contributed by atoms with Crippen molar-refractivity contribution < 1.29 is 14.6 Å². The Hall–Kier alpha value is -0.570. The molecule has 3 heteroatoms. The summed E-state index contributed by atoms with van der Waals surface area (Å²) in [6.07, 6.45) is 3.36. The molecule has 1 rings (SSSR count). The molecule has 94 valence electrons. The highest BCUT2D eigenvalue weighted by molar-refractivity contribution is 5.76. The highest BCUT2D eigenvalue weighted by Crippen LogP contribution is 2.42. The average Bonchev–Trinajstić information content (AvgIpc) is 2.17. The van der Waals surface area contributed by atoms with E-state index in [0.29, 0.717) is 12.5 Å². The van der Waals surface area contributed by atoms with Crippen LogP contribution >= 0.6 is 0 Å². The van der Waals surface area contributed by atoms with Crippen LogP contribution in [0.2, 0.25) is 0 Å². The molecular formula is C13H24O3. The fraction of sp³-hybridized carbons (Fsp3) is 0.923. The first kappa shape index (κ1) is 13.5. The predicted molar refractivity (Wildman–Crippen MR) is 63.0 cm³/mol. The monoisotopic (exact) mass is 228 g/mol. The number of hydrogen-bond acceptors (Lipinski definition) is 3. The maximum Gasteiger partial charge on any atom is 0.311 e. The van der Waals surface area contributed by atoms with Crippen molar-refractivity contribution in [2.24, 2.45) is 11.3 Å². The van der Waals surface area contributed by atoms with Crippen molar-refractivity contribution in [1.29, 1.82) is 0 Å². The van der Waals surface area contributed by atoms with E-state index in [2.05, 4.69) is 0 Å². The molecule has 1 aliphatic carbocycles. The molecule has 0 aromatic carbocycles. The van der Waals surface area contributed by atoms with Gasteiger partial charge in [-0.3, -0.25) is 4.79 Å². The third-order valence-electron chi connectivity index (χ3n) is 3.88. The summed E-state index contributed by atoms with van der Waals surface area (Å²) in [6.45, 7) is 8.05. The summed E-state index contributed by atoms with van der Waals surface area (Å²) in [5.74, 6) is 0.216. The van der Waals surface area contributed by atoms with Gasteiger partial charge in [-0.05, 0) is 59.3 Å². The van der Waals surface area contributed by atoms with Crippen molar-refractivity contribution in [1.82, 2.24) is 0 Å². The van der Waals surface area contributed by atoms with E-state index in [1.807, 2.05) is 27.7 Å². The quantitative estimate of drug-likeness (QED) is 0.755. The van der Waals surface area contributed by atoms with Crippen LogP contribution in [0, 0.1) is 11.3 Å². The number of ether oxygens (including phenoxy) is 1. The molecular weight excluding hydrogens is 204 g/mol. The summed E-state index contributed by atoms with van der Waals surface area (Å²) in [5, 5.41) is 9.88. The summed E-state index contributed by atoms with van der Waals surface area (Å²) >= 11 is 0. The predicted octanol–water partition coefficient (Wildman–Crippen LogP) is 2.52. The van der Waals surface area contributed by atoms with E-state index < -0.39 is 11.0 Å². The minimum Gasteiger partial charge on any atom is -0.466 e. The average molecular weight is 228 g/mol. The second-order valence-electron chi connectivity index (χ2n) is 5.71. The van der Waals surface area contributed by atoms with Crippen LogP contribution in [-0.2, 0) is 9.53 Å². The van der Waals surface area contributed by atoms with Crippen LogP contribution < -0.4 is 0 Å². The standard InChI is InChI=1S/C13H24O3/c1-5-16-11(14)12(2,3)10-6-8-13(4,15)9-7-10/h10,15H,5-9H2,1-4H3/t10-,13-. The maximum atomic E-state index is 11.8. The van der Waals surface area contributed by atoms with E-state index in [1.165, 1.54) is 0 Å². The minimum absolute atomic E-state index is 0.110. The molecule has 0 heterocycles. The Morgan fingerprint density at radius 3 is 2.38 bits per heavy atom. The van der Waals surface area contributed by atoms with Crippen LogP contribution in [0.4, 0.5) is 0 Å². The van der Waals surface area contributed by atoms with E-state index in [1.54, 1.807) is 0 Å². The maximum absolute atomic E-state index is 11.8. The van der Waals surface area contributed by atoms with Crippen molar-refractivity contribution in [2.45, 2.75) is 59.0 Å². The molecule has 16 heavy (non-hydrogen) atoms. The molecule has 0 aliphatic heterocycles. The topological polar surface area (TPSA) is 46.5 Å². The Balaban J connectivity index is 2.61. The van der Waals surface area contributed by atoms with Crippen LogP contribution in [0.3, 0.4) is 0 Å². The van der Waals surface area contributed by atoms with Crippen molar-refractivity contribution in [3.8, 4) is 0 Å². The van der Waals surface area contributed by atoms with Gasteiger partial charge < -0.3 is 9.84 Å². The van der Waals surface area contributed by atoms with Gasteiger partial charge in [0.25, 0.3) is 0 Å². The molecule has 0 amide bonds. The Morgan fingerprint density at radius 1 is 1.44 bits per heavy atom. The second kappa shape index (κ2) is 4.74. The first-order valence-corrected chi connectivity index (χ1v) is 6.19. The first-order valence-electron chi connectivity index (χ1n) is 6.19. The van der Waals surface area contributed by atoms with Crippen LogP contribution in [0.25, 0.3) is 0 Å². The van der Waals surface area contributed by atoms with Gasteiger partial charge >= 0.3 is 5.97 Å². The Morgan fingerprint density at radius 2 is 1.94 bits per heavy atom. The molecule has 0 radical (unpaired) electrons. The molecule has 0 spiro atoms. The highest BCUT2D eigenvalue weighted by atomic mass is 16.5. The fourth-order valence-electron chi connectivity index (χ4n) is 2.45. The number of carbonyl (C=O) groups excluding carboxylic acids is 1. The summed E-state index contributed by atoms with van der Waals surface area (Å²) < 4.78 is 5.11. The lowest BCUT2D eigenvalue weighted by Crippen LogP contribution is -2.40. The zero-order valence-corrected chi connectivity index (χ0v) is 10.9. The summed E-state index contributed by atoms with van der Waals surface area (Å²) in [4.78, 5) is 11.8. The smallest absolute Gasteiger partial charge is 0.311 e. The Bertz CT molecular complexity index is 246. The molecule has 1 saturated carbocycles. The van der Waals surface area contributed by atoms with Gasteiger partial charge in [-0.2, -0.15) is 0 Å². The second-order valence-corrected chi connectivity index (χ2v) is 5.71. The van der Waals surface area contributed by atoms with Crippen molar-refractivity contribution >= 4 is 5.97 Å². The highest BCUT2D eigenvalue weighted by Gasteiger charge is 2.41. The molecule has 1 fully saturated rings. The van der Waals surface area contributed by atoms with Crippen molar-refractivity contribution in [2.75, 3.05) is 6.61 Å². The van der Waals surface area contributed by atoms with Gasteiger partial charge in [0.1, 0.15) is 0 Å². The Labute approximate surface area is 98.2 Å². The van der Waals surface area contributed by atoms with Crippen LogP contribution in [0.1, 0.15) is 53.4 Å². The molecule has 0 unspecified atom stereocenters. The third kappa shape index (κ3) is 2.97. The number of carbonyl (C=O) groups is 1. The first-order chi connectivity index (χ1) is 7.29. The molecule has 1 N–H and O–H groups in total. The number of hydrogen-bond donors (Lipinski definition) is 1. The SMILES string of the molecule is CCOC(=O)C(C)(C)[C@H]1CC[C@](C)(O)CC1. The lowest BCUT2D eigenvalue weighted by molar-refractivity contribution is -0.158. The van der Waals surface area contributed by atoms with E-state index in [-0.39, 0.29) is 5.97 Å². The van der Waals surface area contributed by atoms with Crippen LogP contribution in [0.5, 0.6) is 0 Å². The largest absolute Gasteiger partial charge is 0.466 e. The van der Waals surface area contributed by atoms with Crippen LogP contribution in [0.15, 0.2) is 0 Å². The summed E-state index contributed by atoms with van der Waals surface area (Å²) in [5.41, 5.74) is -0.965. The van der Waals surface area contributed by atoms with E-state index in [0.717, 1.165) is 25.7 Å². The van der Waals surface area contributed by atoms with Gasteiger partial charge in [-0.15, -0.1) is 0 Å². The van der Waals surface area contributed by atoms with Gasteiger partial charge in [0.05, 0.1) is 17.6 Å². The van der Waals surface area contributed by atoms with Crippen molar-refractivity contribution in [3.63, 3.8) is 0 Å². The molecule has 3 nitrogen and oxygen atoms in total. The van der Waals surface area contributed by atoms with E-state index >= 15 is 0 Å². The van der Waals surface area contributed by atoms with E-state index in [4.69, 9.17) is 4.74 Å². The molecule has 0 bridgehead atoms. The van der Waals surface area contributed by atoms with Crippen LogP contribution in [-0.4, -0.2) is 23.3 Å². The van der Waals surface area contributed by atoms with Gasteiger partial charge in [0.2, 0.25) is 0 Å². The van der Waals surface area contributed by atoms with Gasteiger partial charge in [-0.1, -0.05) is 0 Å². The molecule has 0 aromatic rings. The van der Waals surface area contributed by atoms with Crippen molar-refractivity contribution in [3.05, 3.63) is 0 Å². The van der Waals surface area contributed by atoms with Gasteiger partial charge in [0, 0.05) is 0 Å². The third-order valence-corrected chi connectivity index (χ3v) is 3.88. The molecule has 0 saturated heterocycles. The molecule has 0 aromatic heterocycles. The molecule has 0 atom stereocenters. The lowest BCUT2D eigenvalue weighted by atomic mass is 9.68. The van der Waals surface area contributed by atoms with Gasteiger partial charge in [0.15, 0.2) is 0 Å². The summed E-state index contributed by atoms with van der Waals surface area (Å²) in [6, 6.07) is 0. The minimum atomic E-state index is -0.540. The molecule has 1 aliphatic rings.